The smallest absolute Gasteiger partial charge is 0.251 e. The van der Waals surface area contributed by atoms with E-state index in [2.05, 4.69) is 38.5 Å². The van der Waals surface area contributed by atoms with Crippen molar-refractivity contribution in [3.63, 3.8) is 0 Å². The summed E-state index contributed by atoms with van der Waals surface area (Å²) in [6, 6.07) is 17.8. The summed E-state index contributed by atoms with van der Waals surface area (Å²) in [6.45, 7) is 5.28. The van der Waals surface area contributed by atoms with Gasteiger partial charge in [0.2, 0.25) is 0 Å². The average molecular weight is 492 g/mol. The van der Waals surface area contributed by atoms with E-state index in [4.69, 9.17) is 0 Å². The van der Waals surface area contributed by atoms with Gasteiger partial charge in [-0.15, -0.1) is 0 Å². The van der Waals surface area contributed by atoms with Gasteiger partial charge < -0.3 is 15.2 Å². The fraction of sp³-hybridized carbons (Fsp3) is 0.310. The molecule has 1 aliphatic heterocycles. The molecule has 37 heavy (non-hydrogen) atoms. The Morgan fingerprint density at radius 1 is 1.19 bits per heavy atom. The zero-order chi connectivity index (χ0) is 26.2. The van der Waals surface area contributed by atoms with E-state index in [-0.39, 0.29) is 11.9 Å². The molecule has 1 unspecified atom stereocenters. The second kappa shape index (κ2) is 9.48. The molecular formula is C29H29N7O. The lowest BCUT2D eigenvalue weighted by atomic mass is 9.86. The topological polar surface area (TPSA) is 114 Å². The quantitative estimate of drug-likeness (QED) is 0.422. The molecule has 1 aliphatic rings. The minimum Gasteiger partial charge on any atom is -0.369 e. The number of nitrogens with one attached hydrogen (secondary N) is 2. The highest BCUT2D eigenvalue weighted by Crippen LogP contribution is 2.34. The molecule has 2 aromatic carbocycles. The highest BCUT2D eigenvalue weighted by molar-refractivity contribution is 5.99. The van der Waals surface area contributed by atoms with Crippen molar-refractivity contribution in [3.8, 4) is 23.4 Å². The third-order valence-electron chi connectivity index (χ3n) is 7.15. The Bertz CT molecular complexity index is 1550. The van der Waals surface area contributed by atoms with Gasteiger partial charge in [-0.3, -0.25) is 9.48 Å². The number of hydrogen-bond acceptors (Lipinski definition) is 5. The van der Waals surface area contributed by atoms with Crippen LogP contribution in [0.25, 0.3) is 22.2 Å². The summed E-state index contributed by atoms with van der Waals surface area (Å²) in [6.07, 6.45) is 5.59. The van der Waals surface area contributed by atoms with Crippen LogP contribution in [0.1, 0.15) is 48.2 Å². The maximum absolute atomic E-state index is 13.0. The van der Waals surface area contributed by atoms with Crippen LogP contribution in [0.3, 0.4) is 0 Å². The van der Waals surface area contributed by atoms with E-state index in [0.717, 1.165) is 52.8 Å². The molecule has 0 bridgehead atoms. The number of fused-ring (bicyclic) bond motifs is 1. The van der Waals surface area contributed by atoms with Crippen LogP contribution in [0.5, 0.6) is 0 Å². The number of carbonyl (C=O) groups excluding carboxylic acids is 1. The maximum atomic E-state index is 13.0. The molecule has 186 valence electrons. The van der Waals surface area contributed by atoms with Crippen molar-refractivity contribution >= 4 is 22.5 Å². The maximum Gasteiger partial charge on any atom is 0.251 e. The highest BCUT2D eigenvalue weighted by Gasteiger charge is 2.25. The Morgan fingerprint density at radius 3 is 2.65 bits per heavy atom. The van der Waals surface area contributed by atoms with Gasteiger partial charge in [-0.25, -0.2) is 0 Å². The zero-order valence-electron chi connectivity index (χ0n) is 21.2. The van der Waals surface area contributed by atoms with Crippen LogP contribution in [0.2, 0.25) is 0 Å². The molecule has 0 spiro atoms. The van der Waals surface area contributed by atoms with Crippen molar-refractivity contribution in [2.75, 3.05) is 18.0 Å². The molecule has 5 rings (SSSR count). The van der Waals surface area contributed by atoms with Crippen molar-refractivity contribution < 1.29 is 4.79 Å². The van der Waals surface area contributed by atoms with Gasteiger partial charge in [-0.2, -0.15) is 15.6 Å². The molecule has 0 radical (unpaired) electrons. The first-order chi connectivity index (χ1) is 17.8. The minimum absolute atomic E-state index is 0.00101. The van der Waals surface area contributed by atoms with E-state index in [1.54, 1.807) is 23.0 Å². The lowest BCUT2D eigenvalue weighted by Gasteiger charge is -2.35. The summed E-state index contributed by atoms with van der Waals surface area (Å²) in [7, 11) is 1.88. The largest absolute Gasteiger partial charge is 0.369 e. The normalized spacial score (nSPS) is 15.8. The van der Waals surface area contributed by atoms with Crippen LogP contribution < -0.4 is 10.2 Å². The Labute approximate surface area is 216 Å². The molecule has 2 N–H and O–H groups in total. The van der Waals surface area contributed by atoms with E-state index in [0.29, 0.717) is 17.7 Å². The van der Waals surface area contributed by atoms with Crippen LogP contribution in [0.15, 0.2) is 54.9 Å². The molecule has 0 aliphatic carbocycles. The Balaban J connectivity index is 1.36. The fourth-order valence-corrected chi connectivity index (χ4v) is 4.97. The summed E-state index contributed by atoms with van der Waals surface area (Å²) in [5.41, 5.74) is 5.20. The van der Waals surface area contributed by atoms with Gasteiger partial charge in [-0.1, -0.05) is 12.1 Å². The fourth-order valence-electron chi connectivity index (χ4n) is 4.97. The standard InChI is InChI=1S/C29H29N7O/c1-29(2,18-31)22-9-6-19(7-10-22)28(37)33-23-5-4-12-36(17-23)26-11-8-20(14-30)27-24(26)13-25(34-27)21-15-32-35(3)16-21/h6-11,13,15-16,23,34H,4-5,12,17H2,1-3H3,(H,33,37). The first-order valence-corrected chi connectivity index (χ1v) is 12.4. The first-order valence-electron chi connectivity index (χ1n) is 12.4. The second-order valence-corrected chi connectivity index (χ2v) is 10.2. The van der Waals surface area contributed by atoms with Crippen LogP contribution >= 0.6 is 0 Å². The zero-order valence-corrected chi connectivity index (χ0v) is 21.2. The molecule has 0 saturated carbocycles. The van der Waals surface area contributed by atoms with Crippen molar-refractivity contribution in [1.82, 2.24) is 20.1 Å². The van der Waals surface area contributed by atoms with Gasteiger partial charge in [0.1, 0.15) is 6.07 Å². The highest BCUT2D eigenvalue weighted by atomic mass is 16.1. The SMILES string of the molecule is Cn1cc(-c2cc3c(N4CCCC(NC(=O)c5ccc(C(C)(C)C#N)cc5)C4)ccc(C#N)c3[nH]2)cn1. The van der Waals surface area contributed by atoms with E-state index >= 15 is 0 Å². The third-order valence-corrected chi connectivity index (χ3v) is 7.15. The number of benzene rings is 2. The van der Waals surface area contributed by atoms with Crippen molar-refractivity contribution in [1.29, 1.82) is 10.5 Å². The number of amides is 1. The predicted octanol–water partition coefficient (Wildman–Crippen LogP) is 4.64. The predicted molar refractivity (Wildman–Crippen MR) is 143 cm³/mol. The van der Waals surface area contributed by atoms with Crippen molar-refractivity contribution in [2.24, 2.45) is 7.05 Å². The Morgan fingerprint density at radius 2 is 1.97 bits per heavy atom. The second-order valence-electron chi connectivity index (χ2n) is 10.2. The Kier molecular flexibility index (Phi) is 6.19. The van der Waals surface area contributed by atoms with Gasteiger partial charge in [0.25, 0.3) is 5.91 Å². The van der Waals surface area contributed by atoms with Crippen LogP contribution in [0, 0.1) is 22.7 Å². The van der Waals surface area contributed by atoms with Gasteiger partial charge >= 0.3 is 0 Å². The van der Waals surface area contributed by atoms with E-state index in [1.165, 1.54) is 0 Å². The number of piperidine rings is 1. The van der Waals surface area contributed by atoms with Gasteiger partial charge in [0.05, 0.1) is 28.8 Å². The Hall–Kier alpha value is -4.56. The van der Waals surface area contributed by atoms with Crippen molar-refractivity contribution in [3.05, 3.63) is 71.5 Å². The molecule has 8 heteroatoms. The van der Waals surface area contributed by atoms with Gasteiger partial charge in [0.15, 0.2) is 0 Å². The van der Waals surface area contributed by atoms with Crippen LogP contribution in [-0.2, 0) is 12.5 Å². The number of H-pyrrole nitrogens is 1. The van der Waals surface area contributed by atoms with Gasteiger partial charge in [0, 0.05) is 60.3 Å². The van der Waals surface area contributed by atoms with Crippen LogP contribution in [0.4, 0.5) is 5.69 Å². The third kappa shape index (κ3) is 4.66. The number of aromatic nitrogens is 3. The van der Waals surface area contributed by atoms with E-state index in [1.807, 2.05) is 51.4 Å². The number of hydrogen-bond donors (Lipinski definition) is 2. The molecule has 1 amide bonds. The number of carbonyl (C=O) groups is 1. The number of aryl methyl sites for hydroxylation is 1. The number of rotatable bonds is 5. The molecule has 3 heterocycles. The molecule has 1 fully saturated rings. The first kappa shape index (κ1) is 24.1. The van der Waals surface area contributed by atoms with E-state index < -0.39 is 5.41 Å². The summed E-state index contributed by atoms with van der Waals surface area (Å²) in [4.78, 5) is 18.7. The van der Waals surface area contributed by atoms with E-state index in [9.17, 15) is 15.3 Å². The summed E-state index contributed by atoms with van der Waals surface area (Å²) in [5, 5.41) is 27.5. The monoisotopic (exact) mass is 491 g/mol. The minimum atomic E-state index is -0.597. The summed E-state index contributed by atoms with van der Waals surface area (Å²) in [5.74, 6) is -0.112. The lowest BCUT2D eigenvalue weighted by Crippen LogP contribution is -2.47. The number of anilines is 1. The summed E-state index contributed by atoms with van der Waals surface area (Å²) < 4.78 is 1.75. The molecule has 8 nitrogen and oxygen atoms in total. The lowest BCUT2D eigenvalue weighted by molar-refractivity contribution is 0.0933. The molecular weight excluding hydrogens is 462 g/mol. The molecule has 2 aromatic heterocycles. The van der Waals surface area contributed by atoms with Crippen LogP contribution in [-0.4, -0.2) is 39.8 Å². The molecule has 1 saturated heterocycles. The van der Waals surface area contributed by atoms with Crippen molar-refractivity contribution in [2.45, 2.75) is 38.1 Å². The number of aromatic amines is 1. The number of nitrogens with zero attached hydrogens (tertiary/aromatic N) is 5. The molecule has 4 aromatic rings. The number of nitriles is 2. The van der Waals surface area contributed by atoms with Gasteiger partial charge in [-0.05, 0) is 62.6 Å². The summed E-state index contributed by atoms with van der Waals surface area (Å²) >= 11 is 0. The average Bonchev–Trinajstić information content (AvgIpc) is 3.55. The molecule has 1 atom stereocenters.